The number of allylic oxidation sites excluding steroid dienone is 2. The fourth-order valence-electron chi connectivity index (χ4n) is 2.13. The average Bonchev–Trinajstić information content (AvgIpc) is 2.45. The van der Waals surface area contributed by atoms with E-state index in [4.69, 9.17) is 0 Å². The zero-order chi connectivity index (χ0) is 11.1. The van der Waals surface area contributed by atoms with Gasteiger partial charge in [0, 0.05) is 11.8 Å². The van der Waals surface area contributed by atoms with Gasteiger partial charge in [-0.25, -0.2) is 0 Å². The molecule has 0 saturated heterocycles. The molecule has 0 bridgehead atoms. The van der Waals surface area contributed by atoms with E-state index >= 15 is 0 Å². The molecule has 2 heteroatoms. The number of Topliss-reactive ketones (excluding diaryl/α,β-unsaturated/α-hetero) is 1. The number of ketones is 1. The molecule has 1 aromatic carbocycles. The van der Waals surface area contributed by atoms with Crippen molar-refractivity contribution in [3.63, 3.8) is 0 Å². The van der Waals surface area contributed by atoms with Crippen LogP contribution in [0.5, 0.6) is 0 Å². The van der Waals surface area contributed by atoms with Crippen molar-refractivity contribution in [1.82, 2.24) is 0 Å². The Morgan fingerprint density at radius 2 is 1.87 bits per heavy atom. The molecule has 1 N–H and O–H groups in total. The number of benzene rings is 1. The average molecular weight is 202 g/mol. The van der Waals surface area contributed by atoms with Gasteiger partial charge in [-0.2, -0.15) is 0 Å². The van der Waals surface area contributed by atoms with E-state index in [1.54, 1.807) is 0 Å². The molecule has 0 radical (unpaired) electrons. The molecule has 1 aliphatic rings. The van der Waals surface area contributed by atoms with Crippen molar-refractivity contribution in [2.75, 3.05) is 0 Å². The Bertz CT molecular complexity index is 431. The molecule has 1 aromatic rings. The van der Waals surface area contributed by atoms with Crippen LogP contribution in [0.3, 0.4) is 0 Å². The zero-order valence-corrected chi connectivity index (χ0v) is 8.95. The third kappa shape index (κ3) is 1.37. The molecule has 0 heterocycles. The number of aliphatic hydroxyl groups excluding tert-OH is 1. The zero-order valence-electron chi connectivity index (χ0n) is 8.95. The largest absolute Gasteiger partial charge is 0.504 e. The highest BCUT2D eigenvalue weighted by molar-refractivity contribution is 5.98. The van der Waals surface area contributed by atoms with Crippen molar-refractivity contribution in [2.45, 2.75) is 25.7 Å². The SMILES string of the molecule is CC1=C(O)C(=O)CC1(C)c1ccccc1. The van der Waals surface area contributed by atoms with Crippen LogP contribution in [-0.4, -0.2) is 10.9 Å². The quantitative estimate of drug-likeness (QED) is 0.760. The number of carbonyl (C=O) groups is 1. The number of aliphatic hydroxyl groups is 1. The van der Waals surface area contributed by atoms with Crippen LogP contribution in [-0.2, 0) is 10.2 Å². The van der Waals surface area contributed by atoms with Gasteiger partial charge in [-0.15, -0.1) is 0 Å². The third-order valence-corrected chi connectivity index (χ3v) is 3.37. The summed E-state index contributed by atoms with van der Waals surface area (Å²) in [5.41, 5.74) is 1.53. The van der Waals surface area contributed by atoms with Crippen LogP contribution in [0.1, 0.15) is 25.8 Å². The molecule has 15 heavy (non-hydrogen) atoms. The van der Waals surface area contributed by atoms with Gasteiger partial charge in [0.1, 0.15) is 0 Å². The molecule has 1 unspecified atom stereocenters. The first-order valence-corrected chi connectivity index (χ1v) is 5.05. The molecule has 0 aliphatic heterocycles. The minimum absolute atomic E-state index is 0.0543. The summed E-state index contributed by atoms with van der Waals surface area (Å²) in [6.07, 6.45) is 0.370. The topological polar surface area (TPSA) is 37.3 Å². The summed E-state index contributed by atoms with van der Waals surface area (Å²) in [7, 11) is 0. The van der Waals surface area contributed by atoms with Gasteiger partial charge in [0.25, 0.3) is 0 Å². The Morgan fingerprint density at radius 1 is 1.27 bits per heavy atom. The van der Waals surface area contributed by atoms with E-state index in [0.717, 1.165) is 11.1 Å². The van der Waals surface area contributed by atoms with E-state index in [1.807, 2.05) is 44.2 Å². The van der Waals surface area contributed by atoms with E-state index in [9.17, 15) is 9.90 Å². The minimum atomic E-state index is -0.331. The Morgan fingerprint density at radius 3 is 2.33 bits per heavy atom. The first kappa shape index (κ1) is 9.97. The highest BCUT2D eigenvalue weighted by Crippen LogP contribution is 2.42. The van der Waals surface area contributed by atoms with E-state index in [-0.39, 0.29) is 17.0 Å². The van der Waals surface area contributed by atoms with Gasteiger partial charge in [-0.1, -0.05) is 37.3 Å². The molecule has 0 spiro atoms. The third-order valence-electron chi connectivity index (χ3n) is 3.37. The molecule has 1 aliphatic carbocycles. The summed E-state index contributed by atoms with van der Waals surface area (Å²) in [4.78, 5) is 11.5. The van der Waals surface area contributed by atoms with Crippen molar-refractivity contribution in [2.24, 2.45) is 0 Å². The standard InChI is InChI=1S/C13H14O2/c1-9-12(15)11(14)8-13(9,2)10-6-4-3-5-7-10/h3-7,15H,8H2,1-2H3. The van der Waals surface area contributed by atoms with E-state index in [2.05, 4.69) is 0 Å². The van der Waals surface area contributed by atoms with Crippen molar-refractivity contribution >= 4 is 5.78 Å². The predicted molar refractivity (Wildman–Crippen MR) is 58.7 cm³/mol. The minimum Gasteiger partial charge on any atom is -0.504 e. The van der Waals surface area contributed by atoms with Gasteiger partial charge in [0.15, 0.2) is 11.5 Å². The molecular formula is C13H14O2. The molecule has 0 aromatic heterocycles. The number of rotatable bonds is 1. The molecular weight excluding hydrogens is 188 g/mol. The Balaban J connectivity index is 2.51. The number of carbonyl (C=O) groups excluding carboxylic acids is 1. The maximum Gasteiger partial charge on any atom is 0.198 e. The highest BCUT2D eigenvalue weighted by Gasteiger charge is 2.40. The Kier molecular flexibility index (Phi) is 2.14. The first-order valence-electron chi connectivity index (χ1n) is 5.05. The number of hydrogen-bond donors (Lipinski definition) is 1. The van der Waals surface area contributed by atoms with Crippen molar-refractivity contribution in [3.8, 4) is 0 Å². The molecule has 0 saturated carbocycles. The van der Waals surface area contributed by atoms with Crippen LogP contribution in [0.25, 0.3) is 0 Å². The van der Waals surface area contributed by atoms with Gasteiger partial charge in [-0.3, -0.25) is 4.79 Å². The maximum absolute atomic E-state index is 11.5. The lowest BCUT2D eigenvalue weighted by molar-refractivity contribution is -0.117. The second kappa shape index (κ2) is 3.23. The van der Waals surface area contributed by atoms with Crippen LogP contribution in [0.15, 0.2) is 41.7 Å². The van der Waals surface area contributed by atoms with Crippen molar-refractivity contribution in [3.05, 3.63) is 47.2 Å². The second-order valence-electron chi connectivity index (χ2n) is 4.27. The first-order chi connectivity index (χ1) is 7.05. The Hall–Kier alpha value is -1.57. The monoisotopic (exact) mass is 202 g/mol. The van der Waals surface area contributed by atoms with E-state index < -0.39 is 0 Å². The fraction of sp³-hybridized carbons (Fsp3) is 0.308. The molecule has 1 atom stereocenters. The molecule has 0 amide bonds. The molecule has 0 fully saturated rings. The smallest absolute Gasteiger partial charge is 0.198 e. The highest BCUT2D eigenvalue weighted by atomic mass is 16.3. The maximum atomic E-state index is 11.5. The lowest BCUT2D eigenvalue weighted by atomic mass is 9.77. The van der Waals surface area contributed by atoms with Gasteiger partial charge in [-0.05, 0) is 18.1 Å². The van der Waals surface area contributed by atoms with E-state index in [0.29, 0.717) is 6.42 Å². The Labute approximate surface area is 89.2 Å². The predicted octanol–water partition coefficient (Wildman–Crippen LogP) is 2.75. The molecule has 2 rings (SSSR count). The van der Waals surface area contributed by atoms with Crippen molar-refractivity contribution in [1.29, 1.82) is 0 Å². The van der Waals surface area contributed by atoms with Gasteiger partial charge < -0.3 is 5.11 Å². The van der Waals surface area contributed by atoms with Crippen LogP contribution in [0.4, 0.5) is 0 Å². The van der Waals surface area contributed by atoms with Crippen LogP contribution < -0.4 is 0 Å². The van der Waals surface area contributed by atoms with Gasteiger partial charge in [0.2, 0.25) is 0 Å². The number of hydrogen-bond acceptors (Lipinski definition) is 2. The lowest BCUT2D eigenvalue weighted by Crippen LogP contribution is -2.20. The van der Waals surface area contributed by atoms with Crippen LogP contribution in [0.2, 0.25) is 0 Å². The summed E-state index contributed by atoms with van der Waals surface area (Å²) in [5, 5.41) is 9.59. The van der Waals surface area contributed by atoms with Crippen molar-refractivity contribution < 1.29 is 9.90 Å². The van der Waals surface area contributed by atoms with E-state index in [1.165, 1.54) is 0 Å². The van der Waals surface area contributed by atoms with Gasteiger partial charge >= 0.3 is 0 Å². The molecule has 78 valence electrons. The summed E-state index contributed by atoms with van der Waals surface area (Å²) >= 11 is 0. The summed E-state index contributed by atoms with van der Waals surface area (Å²) in [6.45, 7) is 3.83. The molecule has 2 nitrogen and oxygen atoms in total. The summed E-state index contributed by atoms with van der Waals surface area (Å²) in [5.74, 6) is -0.208. The summed E-state index contributed by atoms with van der Waals surface area (Å²) in [6, 6.07) is 9.84. The summed E-state index contributed by atoms with van der Waals surface area (Å²) < 4.78 is 0. The second-order valence-corrected chi connectivity index (χ2v) is 4.27. The lowest BCUT2D eigenvalue weighted by Gasteiger charge is -2.25. The van der Waals surface area contributed by atoms with Crippen LogP contribution >= 0.6 is 0 Å². The normalized spacial score (nSPS) is 26.1. The van der Waals surface area contributed by atoms with Crippen LogP contribution in [0, 0.1) is 0 Å². The van der Waals surface area contributed by atoms with Gasteiger partial charge in [0.05, 0.1) is 0 Å². The fourth-order valence-corrected chi connectivity index (χ4v) is 2.13.